The quantitative estimate of drug-likeness (QED) is 0.878. The highest BCUT2D eigenvalue weighted by Crippen LogP contribution is 2.35. The van der Waals surface area contributed by atoms with Gasteiger partial charge in [-0.3, -0.25) is 9.69 Å². The van der Waals surface area contributed by atoms with Crippen molar-refractivity contribution in [1.29, 1.82) is 0 Å². The molecule has 142 valence electrons. The van der Waals surface area contributed by atoms with Gasteiger partial charge < -0.3 is 19.7 Å². The molecular weight excluding hydrogens is 342 g/mol. The Hall–Kier alpha value is -2.57. The molecule has 0 aliphatic carbocycles. The van der Waals surface area contributed by atoms with Crippen molar-refractivity contribution < 1.29 is 14.3 Å². The summed E-state index contributed by atoms with van der Waals surface area (Å²) in [4.78, 5) is 17.3. The molecule has 1 saturated heterocycles. The number of carbonyl (C=O) groups excluding carboxylic acids is 1. The standard InChI is InChI=1S/C21H25N3O3/c1-23-9-11-24(12-10-23)18(14-22-21(25)16-5-3-2-4-6-16)17-7-8-19-20(13-17)27-15-26-19/h2-8,13,18H,9-12,14-15H2,1H3,(H,22,25)/t18-/m0/s1. The van der Waals surface area contributed by atoms with Crippen LogP contribution >= 0.6 is 0 Å². The van der Waals surface area contributed by atoms with Gasteiger partial charge in [0.05, 0.1) is 6.04 Å². The van der Waals surface area contributed by atoms with Gasteiger partial charge in [-0.2, -0.15) is 0 Å². The van der Waals surface area contributed by atoms with Crippen LogP contribution in [0.1, 0.15) is 22.0 Å². The van der Waals surface area contributed by atoms with Crippen molar-refractivity contribution in [1.82, 2.24) is 15.1 Å². The van der Waals surface area contributed by atoms with Crippen molar-refractivity contribution in [3.05, 3.63) is 59.7 Å². The molecule has 0 saturated carbocycles. The molecule has 2 heterocycles. The second-order valence-electron chi connectivity index (χ2n) is 7.04. The predicted molar refractivity (Wildman–Crippen MR) is 103 cm³/mol. The number of rotatable bonds is 5. The minimum absolute atomic E-state index is 0.0459. The van der Waals surface area contributed by atoms with E-state index in [0.29, 0.717) is 12.1 Å². The molecular formula is C21H25N3O3. The summed E-state index contributed by atoms with van der Waals surface area (Å²) in [7, 11) is 2.14. The molecule has 1 N–H and O–H groups in total. The summed E-state index contributed by atoms with van der Waals surface area (Å²) < 4.78 is 11.0. The lowest BCUT2D eigenvalue weighted by Gasteiger charge is -2.38. The maximum atomic E-state index is 12.5. The molecule has 0 spiro atoms. The van der Waals surface area contributed by atoms with Crippen molar-refractivity contribution in [3.63, 3.8) is 0 Å². The fraction of sp³-hybridized carbons (Fsp3) is 0.381. The Balaban J connectivity index is 1.52. The monoisotopic (exact) mass is 367 g/mol. The third kappa shape index (κ3) is 4.07. The molecule has 0 radical (unpaired) electrons. The molecule has 0 aromatic heterocycles. The van der Waals surface area contributed by atoms with Crippen LogP contribution in [0.15, 0.2) is 48.5 Å². The SMILES string of the molecule is CN1CCN([C@@H](CNC(=O)c2ccccc2)c2ccc3c(c2)OCO3)CC1. The lowest BCUT2D eigenvalue weighted by atomic mass is 10.0. The third-order valence-electron chi connectivity index (χ3n) is 5.25. The normalized spacial score (nSPS) is 18.3. The van der Waals surface area contributed by atoms with Crippen molar-refractivity contribution in [2.24, 2.45) is 0 Å². The first-order valence-corrected chi connectivity index (χ1v) is 9.36. The summed E-state index contributed by atoms with van der Waals surface area (Å²) >= 11 is 0. The molecule has 1 atom stereocenters. The van der Waals surface area contributed by atoms with E-state index in [-0.39, 0.29) is 18.7 Å². The molecule has 6 heteroatoms. The number of hydrogen-bond acceptors (Lipinski definition) is 5. The molecule has 2 aromatic rings. The number of hydrogen-bond donors (Lipinski definition) is 1. The zero-order valence-corrected chi connectivity index (χ0v) is 15.6. The number of carbonyl (C=O) groups is 1. The summed E-state index contributed by atoms with van der Waals surface area (Å²) in [5.41, 5.74) is 1.82. The van der Waals surface area contributed by atoms with E-state index >= 15 is 0 Å². The second kappa shape index (κ2) is 7.98. The average Bonchev–Trinajstić information content (AvgIpc) is 3.18. The Kier molecular flexibility index (Phi) is 5.27. The fourth-order valence-corrected chi connectivity index (χ4v) is 3.59. The molecule has 0 unspecified atom stereocenters. The molecule has 4 rings (SSSR count). The molecule has 2 aliphatic heterocycles. The van der Waals surface area contributed by atoms with Crippen LogP contribution in [0.25, 0.3) is 0 Å². The molecule has 2 aromatic carbocycles. The highest BCUT2D eigenvalue weighted by molar-refractivity contribution is 5.94. The highest BCUT2D eigenvalue weighted by Gasteiger charge is 2.26. The van der Waals surface area contributed by atoms with Gasteiger partial charge in [0, 0.05) is 38.3 Å². The van der Waals surface area contributed by atoms with Gasteiger partial charge in [-0.05, 0) is 36.9 Å². The molecule has 0 bridgehead atoms. The molecule has 1 fully saturated rings. The first kappa shape index (κ1) is 17.8. The van der Waals surface area contributed by atoms with Crippen LogP contribution < -0.4 is 14.8 Å². The smallest absolute Gasteiger partial charge is 0.251 e. The first-order chi connectivity index (χ1) is 13.2. The van der Waals surface area contributed by atoms with Crippen LogP contribution in [-0.2, 0) is 0 Å². The van der Waals surface area contributed by atoms with Gasteiger partial charge >= 0.3 is 0 Å². The van der Waals surface area contributed by atoms with Crippen LogP contribution in [-0.4, -0.2) is 62.3 Å². The summed E-state index contributed by atoms with van der Waals surface area (Å²) in [6, 6.07) is 15.5. The topological polar surface area (TPSA) is 54.0 Å². The van der Waals surface area contributed by atoms with Crippen molar-refractivity contribution in [2.75, 3.05) is 46.6 Å². The number of benzene rings is 2. The lowest BCUT2D eigenvalue weighted by Crippen LogP contribution is -2.48. The number of nitrogens with zero attached hydrogens (tertiary/aromatic N) is 2. The number of piperazine rings is 1. The zero-order valence-electron chi connectivity index (χ0n) is 15.6. The predicted octanol–water partition coefficient (Wildman–Crippen LogP) is 2.13. The fourth-order valence-electron chi connectivity index (χ4n) is 3.59. The van der Waals surface area contributed by atoms with E-state index in [4.69, 9.17) is 9.47 Å². The Labute approximate surface area is 159 Å². The zero-order chi connectivity index (χ0) is 18.6. The summed E-state index contributed by atoms with van der Waals surface area (Å²) in [5, 5.41) is 3.11. The van der Waals surface area contributed by atoms with E-state index in [1.807, 2.05) is 42.5 Å². The van der Waals surface area contributed by atoms with Crippen molar-refractivity contribution >= 4 is 5.91 Å². The van der Waals surface area contributed by atoms with Crippen LogP contribution in [0.2, 0.25) is 0 Å². The van der Waals surface area contributed by atoms with Crippen LogP contribution in [0.3, 0.4) is 0 Å². The summed E-state index contributed by atoms with van der Waals surface area (Å²) in [5.74, 6) is 1.51. The van der Waals surface area contributed by atoms with E-state index in [1.54, 1.807) is 0 Å². The number of nitrogens with one attached hydrogen (secondary N) is 1. The number of fused-ring (bicyclic) bond motifs is 1. The van der Waals surface area contributed by atoms with Gasteiger partial charge in [0.1, 0.15) is 0 Å². The maximum Gasteiger partial charge on any atom is 0.251 e. The second-order valence-corrected chi connectivity index (χ2v) is 7.04. The minimum atomic E-state index is -0.0459. The molecule has 2 aliphatic rings. The maximum absolute atomic E-state index is 12.5. The Morgan fingerprint density at radius 2 is 1.78 bits per heavy atom. The lowest BCUT2D eigenvalue weighted by molar-refractivity contribution is 0.0886. The van der Waals surface area contributed by atoms with Gasteiger partial charge in [0.15, 0.2) is 11.5 Å². The van der Waals surface area contributed by atoms with Gasteiger partial charge in [-0.25, -0.2) is 0 Å². The summed E-state index contributed by atoms with van der Waals surface area (Å²) in [6.45, 7) is 4.80. The number of ether oxygens (including phenoxy) is 2. The van der Waals surface area contributed by atoms with E-state index in [9.17, 15) is 4.79 Å². The van der Waals surface area contributed by atoms with Crippen LogP contribution in [0, 0.1) is 0 Å². The van der Waals surface area contributed by atoms with Gasteiger partial charge in [-0.15, -0.1) is 0 Å². The largest absolute Gasteiger partial charge is 0.454 e. The number of amides is 1. The van der Waals surface area contributed by atoms with Crippen LogP contribution in [0.4, 0.5) is 0 Å². The Morgan fingerprint density at radius 3 is 2.56 bits per heavy atom. The first-order valence-electron chi connectivity index (χ1n) is 9.36. The Bertz CT molecular complexity index is 789. The molecule has 27 heavy (non-hydrogen) atoms. The minimum Gasteiger partial charge on any atom is -0.454 e. The van der Waals surface area contributed by atoms with Crippen LogP contribution in [0.5, 0.6) is 11.5 Å². The van der Waals surface area contributed by atoms with E-state index < -0.39 is 0 Å². The van der Waals surface area contributed by atoms with Crippen molar-refractivity contribution in [3.8, 4) is 11.5 Å². The van der Waals surface area contributed by atoms with E-state index in [0.717, 1.165) is 43.2 Å². The third-order valence-corrected chi connectivity index (χ3v) is 5.25. The van der Waals surface area contributed by atoms with E-state index in [1.165, 1.54) is 0 Å². The van der Waals surface area contributed by atoms with Gasteiger partial charge in [-0.1, -0.05) is 24.3 Å². The van der Waals surface area contributed by atoms with Gasteiger partial charge in [0.25, 0.3) is 5.91 Å². The number of likely N-dealkylation sites (N-methyl/N-ethyl adjacent to an activating group) is 1. The molecule has 6 nitrogen and oxygen atoms in total. The Morgan fingerprint density at radius 1 is 1.04 bits per heavy atom. The summed E-state index contributed by atoms with van der Waals surface area (Å²) in [6.07, 6.45) is 0. The average molecular weight is 367 g/mol. The van der Waals surface area contributed by atoms with Crippen molar-refractivity contribution in [2.45, 2.75) is 6.04 Å². The van der Waals surface area contributed by atoms with E-state index in [2.05, 4.69) is 28.2 Å². The van der Waals surface area contributed by atoms with Gasteiger partial charge in [0.2, 0.25) is 6.79 Å². The highest BCUT2D eigenvalue weighted by atomic mass is 16.7. The molecule has 1 amide bonds.